The van der Waals surface area contributed by atoms with Crippen molar-refractivity contribution in [1.29, 1.82) is 0 Å². The second-order valence-corrected chi connectivity index (χ2v) is 5.98. The van der Waals surface area contributed by atoms with Crippen LogP contribution in [0.4, 0.5) is 0 Å². The van der Waals surface area contributed by atoms with Gasteiger partial charge in [-0.3, -0.25) is 20.4 Å². The van der Waals surface area contributed by atoms with Crippen LogP contribution in [0.25, 0.3) is 11.3 Å². The zero-order valence-electron chi connectivity index (χ0n) is 14.3. The molecule has 27 heavy (non-hydrogen) atoms. The third-order valence-electron chi connectivity index (χ3n) is 3.61. The molecule has 0 aliphatic carbocycles. The molecule has 0 spiro atoms. The van der Waals surface area contributed by atoms with E-state index in [1.165, 1.54) is 13.0 Å². The molecule has 0 saturated carbocycles. The van der Waals surface area contributed by atoms with Crippen LogP contribution in [0.2, 0.25) is 5.02 Å². The summed E-state index contributed by atoms with van der Waals surface area (Å²) >= 11 is 5.99. The molecule has 0 aliphatic rings. The van der Waals surface area contributed by atoms with Crippen LogP contribution < -0.4 is 15.6 Å². The topological polar surface area (TPSA) is 93.5 Å². The van der Waals surface area contributed by atoms with Crippen molar-refractivity contribution in [3.63, 3.8) is 0 Å². The van der Waals surface area contributed by atoms with Crippen molar-refractivity contribution in [2.24, 2.45) is 0 Å². The predicted molar refractivity (Wildman–Crippen MR) is 99.1 cm³/mol. The van der Waals surface area contributed by atoms with E-state index < -0.39 is 17.9 Å². The molecule has 3 aromatic rings. The van der Waals surface area contributed by atoms with Crippen LogP contribution in [-0.2, 0) is 4.79 Å². The average molecular weight is 386 g/mol. The van der Waals surface area contributed by atoms with Crippen molar-refractivity contribution < 1.29 is 18.8 Å². The molecule has 2 aromatic carbocycles. The van der Waals surface area contributed by atoms with Gasteiger partial charge in [-0.25, -0.2) is 0 Å². The Morgan fingerprint density at radius 2 is 1.78 bits per heavy atom. The maximum absolute atomic E-state index is 12.1. The number of hydrazine groups is 1. The van der Waals surface area contributed by atoms with Crippen LogP contribution in [0.15, 0.2) is 65.2 Å². The third kappa shape index (κ3) is 4.65. The van der Waals surface area contributed by atoms with Crippen molar-refractivity contribution in [3.05, 3.63) is 71.4 Å². The van der Waals surface area contributed by atoms with Crippen LogP contribution in [0, 0.1) is 0 Å². The molecule has 138 valence electrons. The van der Waals surface area contributed by atoms with Crippen LogP contribution in [0.1, 0.15) is 17.4 Å². The summed E-state index contributed by atoms with van der Waals surface area (Å²) in [5.41, 5.74) is 5.37. The first kappa shape index (κ1) is 18.5. The molecule has 1 heterocycles. The fourth-order valence-corrected chi connectivity index (χ4v) is 2.37. The molecule has 0 fully saturated rings. The monoisotopic (exact) mass is 385 g/mol. The lowest BCUT2D eigenvalue weighted by Crippen LogP contribution is -2.47. The van der Waals surface area contributed by atoms with Crippen molar-refractivity contribution in [3.8, 4) is 17.1 Å². The third-order valence-corrected chi connectivity index (χ3v) is 3.92. The van der Waals surface area contributed by atoms with Crippen molar-refractivity contribution in [2.45, 2.75) is 13.0 Å². The first-order valence-electron chi connectivity index (χ1n) is 8.08. The number of carbonyl (C=O) groups is 2. The quantitative estimate of drug-likeness (QED) is 0.658. The number of benzene rings is 2. The Morgan fingerprint density at radius 1 is 1.07 bits per heavy atom. The summed E-state index contributed by atoms with van der Waals surface area (Å²) in [4.78, 5) is 24.2. The number of ether oxygens (including phenoxy) is 1. The smallest absolute Gasteiger partial charge is 0.291 e. The van der Waals surface area contributed by atoms with Gasteiger partial charge in [0.25, 0.3) is 11.8 Å². The van der Waals surface area contributed by atoms with Crippen LogP contribution in [0.5, 0.6) is 5.75 Å². The van der Waals surface area contributed by atoms with Gasteiger partial charge in [-0.05, 0) is 19.1 Å². The predicted octanol–water partition coefficient (Wildman–Crippen LogP) is 3.22. The second-order valence-electron chi connectivity index (χ2n) is 5.58. The first-order valence-corrected chi connectivity index (χ1v) is 8.46. The molecule has 2 amide bonds. The lowest BCUT2D eigenvalue weighted by atomic mass is 10.1. The Kier molecular flexibility index (Phi) is 5.73. The fourth-order valence-electron chi connectivity index (χ4n) is 2.19. The van der Waals surface area contributed by atoms with Gasteiger partial charge in [-0.15, -0.1) is 0 Å². The van der Waals surface area contributed by atoms with E-state index in [0.29, 0.717) is 16.5 Å². The summed E-state index contributed by atoms with van der Waals surface area (Å²) in [7, 11) is 0. The summed E-state index contributed by atoms with van der Waals surface area (Å²) in [6, 6.07) is 17.5. The van der Waals surface area contributed by atoms with E-state index >= 15 is 0 Å². The number of halogens is 1. The maximum atomic E-state index is 12.1. The molecule has 0 radical (unpaired) electrons. The number of carbonyl (C=O) groups excluding carboxylic acids is 2. The number of nitrogens with zero attached hydrogens (tertiary/aromatic N) is 1. The van der Waals surface area contributed by atoms with Gasteiger partial charge in [-0.2, -0.15) is 0 Å². The number of rotatable bonds is 5. The molecule has 0 saturated heterocycles. The Morgan fingerprint density at radius 3 is 2.52 bits per heavy atom. The average Bonchev–Trinajstić information content (AvgIpc) is 3.18. The zero-order valence-corrected chi connectivity index (χ0v) is 15.1. The van der Waals surface area contributed by atoms with Gasteiger partial charge in [0, 0.05) is 11.6 Å². The normalized spacial score (nSPS) is 11.5. The minimum Gasteiger partial charge on any atom is -0.479 e. The van der Waals surface area contributed by atoms with Gasteiger partial charge in [-0.1, -0.05) is 59.2 Å². The summed E-state index contributed by atoms with van der Waals surface area (Å²) in [5.74, 6) is -0.339. The van der Waals surface area contributed by atoms with E-state index in [4.69, 9.17) is 20.9 Å². The highest BCUT2D eigenvalue weighted by molar-refractivity contribution is 6.32. The molecule has 1 aromatic heterocycles. The van der Waals surface area contributed by atoms with E-state index in [-0.39, 0.29) is 5.69 Å². The zero-order chi connectivity index (χ0) is 19.2. The molecule has 0 unspecified atom stereocenters. The number of hydrogen-bond donors (Lipinski definition) is 2. The molecule has 1 atom stereocenters. The Balaban J connectivity index is 1.55. The van der Waals surface area contributed by atoms with Crippen molar-refractivity contribution >= 4 is 23.4 Å². The standard InChI is InChI=1S/C19H16ClN3O4/c1-12(26-16-10-6-5-9-14(16)20)18(24)21-22-19(25)15-11-17(27-23-15)13-7-3-2-4-8-13/h2-12H,1H3,(H,21,24)(H,22,25)/t12-/m1/s1. The van der Waals surface area contributed by atoms with E-state index in [1.54, 1.807) is 24.3 Å². The van der Waals surface area contributed by atoms with E-state index in [1.807, 2.05) is 30.3 Å². The van der Waals surface area contributed by atoms with Crippen LogP contribution in [-0.4, -0.2) is 23.1 Å². The molecular formula is C19H16ClN3O4. The summed E-state index contributed by atoms with van der Waals surface area (Å²) in [6.07, 6.45) is -0.873. The molecule has 7 nitrogen and oxygen atoms in total. The fraction of sp³-hybridized carbons (Fsp3) is 0.105. The highest BCUT2D eigenvalue weighted by Gasteiger charge is 2.18. The minimum atomic E-state index is -0.873. The number of nitrogens with one attached hydrogen (secondary N) is 2. The highest BCUT2D eigenvalue weighted by Crippen LogP contribution is 2.24. The number of amides is 2. The Hall–Kier alpha value is -3.32. The van der Waals surface area contributed by atoms with Gasteiger partial charge in [0.2, 0.25) is 0 Å². The molecular weight excluding hydrogens is 370 g/mol. The van der Waals surface area contributed by atoms with Crippen LogP contribution in [0.3, 0.4) is 0 Å². The summed E-state index contributed by atoms with van der Waals surface area (Å²) < 4.78 is 10.6. The van der Waals surface area contributed by atoms with Gasteiger partial charge in [0.1, 0.15) is 5.75 Å². The van der Waals surface area contributed by atoms with Gasteiger partial charge in [0.05, 0.1) is 5.02 Å². The molecule has 2 N–H and O–H groups in total. The van der Waals surface area contributed by atoms with Gasteiger partial charge < -0.3 is 9.26 Å². The van der Waals surface area contributed by atoms with Crippen LogP contribution >= 0.6 is 11.6 Å². The molecule has 3 rings (SSSR count). The number of para-hydroxylation sites is 1. The minimum absolute atomic E-state index is 0.0360. The first-order chi connectivity index (χ1) is 13.0. The Bertz CT molecular complexity index is 943. The summed E-state index contributed by atoms with van der Waals surface area (Å²) in [5, 5.41) is 4.09. The van der Waals surface area contributed by atoms with Gasteiger partial charge >= 0.3 is 0 Å². The second kappa shape index (κ2) is 8.37. The summed E-state index contributed by atoms with van der Waals surface area (Å²) in [6.45, 7) is 1.54. The van der Waals surface area contributed by atoms with E-state index in [2.05, 4.69) is 16.0 Å². The highest BCUT2D eigenvalue weighted by atomic mass is 35.5. The lowest BCUT2D eigenvalue weighted by Gasteiger charge is -2.15. The lowest BCUT2D eigenvalue weighted by molar-refractivity contribution is -0.128. The molecule has 0 bridgehead atoms. The van der Waals surface area contributed by atoms with E-state index in [9.17, 15) is 9.59 Å². The largest absolute Gasteiger partial charge is 0.479 e. The molecule has 0 aliphatic heterocycles. The van der Waals surface area contributed by atoms with Gasteiger partial charge in [0.15, 0.2) is 17.6 Å². The maximum Gasteiger partial charge on any atom is 0.291 e. The van der Waals surface area contributed by atoms with E-state index in [0.717, 1.165) is 5.56 Å². The Labute approximate surface area is 160 Å². The van der Waals surface area contributed by atoms with Crippen molar-refractivity contribution in [1.82, 2.24) is 16.0 Å². The number of aromatic nitrogens is 1. The SMILES string of the molecule is C[C@@H](Oc1ccccc1Cl)C(=O)NNC(=O)c1cc(-c2ccccc2)on1. The number of hydrogen-bond acceptors (Lipinski definition) is 5. The molecule has 8 heteroatoms. The van der Waals surface area contributed by atoms with Crippen molar-refractivity contribution in [2.75, 3.05) is 0 Å².